The molecule has 6 heteroatoms. The third-order valence-corrected chi connectivity index (χ3v) is 4.09. The molecular weight excluding hydrogens is 310 g/mol. The van der Waals surface area contributed by atoms with Gasteiger partial charge in [0.05, 0.1) is 25.6 Å². The van der Waals surface area contributed by atoms with Crippen LogP contribution in [0.2, 0.25) is 0 Å². The molecule has 0 heterocycles. The van der Waals surface area contributed by atoms with Crippen LogP contribution >= 0.6 is 0 Å². The smallest absolute Gasteiger partial charge is 0.307 e. The van der Waals surface area contributed by atoms with Crippen LogP contribution in [0.4, 0.5) is 0 Å². The average Bonchev–Trinajstić information content (AvgIpc) is 3.34. The molecule has 1 saturated carbocycles. The highest BCUT2D eigenvalue weighted by atomic mass is 16.5. The van der Waals surface area contributed by atoms with Crippen molar-refractivity contribution in [3.05, 3.63) is 23.8 Å². The minimum absolute atomic E-state index is 0.210. The van der Waals surface area contributed by atoms with Gasteiger partial charge in [-0.3, -0.25) is 9.59 Å². The lowest BCUT2D eigenvalue weighted by Crippen LogP contribution is -2.25. The molecule has 1 aliphatic rings. The SMILES string of the molecule is COc1cc(CNC(=O)C2CC2C(=O)O)ccc1OCCC(C)C. The second-order valence-electron chi connectivity index (χ2n) is 6.52. The zero-order chi connectivity index (χ0) is 17.7. The Hall–Kier alpha value is -2.24. The number of benzene rings is 1. The lowest BCUT2D eigenvalue weighted by molar-refractivity contribution is -0.140. The van der Waals surface area contributed by atoms with Crippen LogP contribution in [0.3, 0.4) is 0 Å². The van der Waals surface area contributed by atoms with Crippen LogP contribution in [0.5, 0.6) is 11.5 Å². The molecule has 2 unspecified atom stereocenters. The number of nitrogens with one attached hydrogen (secondary N) is 1. The molecule has 1 amide bonds. The van der Waals surface area contributed by atoms with Crippen molar-refractivity contribution < 1.29 is 24.2 Å². The minimum atomic E-state index is -0.903. The van der Waals surface area contributed by atoms with E-state index in [1.54, 1.807) is 7.11 Å². The standard InChI is InChI=1S/C18H25NO5/c1-11(2)6-7-24-15-5-4-12(8-16(15)23-3)10-19-17(20)13-9-14(13)18(21)22/h4-5,8,11,13-14H,6-7,9-10H2,1-3H3,(H,19,20)(H,21,22). The van der Waals surface area contributed by atoms with Crippen LogP contribution in [0.1, 0.15) is 32.3 Å². The topological polar surface area (TPSA) is 84.9 Å². The lowest BCUT2D eigenvalue weighted by atomic mass is 10.1. The van der Waals surface area contributed by atoms with Crippen molar-refractivity contribution in [1.82, 2.24) is 5.32 Å². The van der Waals surface area contributed by atoms with Gasteiger partial charge in [0.2, 0.25) is 5.91 Å². The molecule has 1 aromatic carbocycles. The first-order chi connectivity index (χ1) is 11.4. The Labute approximate surface area is 142 Å². The van der Waals surface area contributed by atoms with E-state index in [-0.39, 0.29) is 5.91 Å². The fraction of sp³-hybridized carbons (Fsp3) is 0.556. The molecular formula is C18H25NO5. The highest BCUT2D eigenvalue weighted by Crippen LogP contribution is 2.38. The number of carbonyl (C=O) groups is 2. The monoisotopic (exact) mass is 335 g/mol. The summed E-state index contributed by atoms with van der Waals surface area (Å²) in [5, 5.41) is 11.6. The van der Waals surface area contributed by atoms with Crippen LogP contribution < -0.4 is 14.8 Å². The van der Waals surface area contributed by atoms with Gasteiger partial charge >= 0.3 is 5.97 Å². The summed E-state index contributed by atoms with van der Waals surface area (Å²) in [6.07, 6.45) is 1.39. The zero-order valence-electron chi connectivity index (χ0n) is 14.4. The summed E-state index contributed by atoms with van der Waals surface area (Å²) in [5.41, 5.74) is 0.879. The molecule has 0 bridgehead atoms. The lowest BCUT2D eigenvalue weighted by Gasteiger charge is -2.13. The van der Waals surface area contributed by atoms with E-state index >= 15 is 0 Å². The summed E-state index contributed by atoms with van der Waals surface area (Å²) in [6.45, 7) is 5.25. The molecule has 6 nitrogen and oxygen atoms in total. The van der Waals surface area contributed by atoms with Crippen LogP contribution in [0, 0.1) is 17.8 Å². The van der Waals surface area contributed by atoms with Gasteiger partial charge < -0.3 is 19.9 Å². The minimum Gasteiger partial charge on any atom is -0.493 e. The first-order valence-electron chi connectivity index (χ1n) is 8.22. The quantitative estimate of drug-likeness (QED) is 0.724. The molecule has 1 aliphatic carbocycles. The van der Waals surface area contributed by atoms with Crippen LogP contribution in [-0.4, -0.2) is 30.7 Å². The average molecular weight is 335 g/mol. The number of carbonyl (C=O) groups excluding carboxylic acids is 1. The normalized spacial score (nSPS) is 19.0. The van der Waals surface area contributed by atoms with E-state index in [4.69, 9.17) is 14.6 Å². The van der Waals surface area contributed by atoms with Gasteiger partial charge in [-0.1, -0.05) is 19.9 Å². The summed E-state index contributed by atoms with van der Waals surface area (Å²) >= 11 is 0. The predicted octanol–water partition coefficient (Wildman–Crippen LogP) is 2.46. The predicted molar refractivity (Wildman–Crippen MR) is 89.0 cm³/mol. The molecule has 24 heavy (non-hydrogen) atoms. The molecule has 1 fully saturated rings. The van der Waals surface area contributed by atoms with Crippen molar-refractivity contribution in [3.63, 3.8) is 0 Å². The van der Waals surface area contributed by atoms with Gasteiger partial charge in [-0.25, -0.2) is 0 Å². The molecule has 0 aromatic heterocycles. The van der Waals surface area contributed by atoms with Crippen LogP contribution in [0.25, 0.3) is 0 Å². The maximum atomic E-state index is 11.9. The number of methoxy groups -OCH3 is 1. The Bertz CT molecular complexity index is 599. The molecule has 2 atom stereocenters. The summed E-state index contributed by atoms with van der Waals surface area (Å²) in [4.78, 5) is 22.7. The van der Waals surface area contributed by atoms with Crippen LogP contribution in [-0.2, 0) is 16.1 Å². The fourth-order valence-corrected chi connectivity index (χ4v) is 2.42. The molecule has 0 aliphatic heterocycles. The van der Waals surface area contributed by atoms with Crippen molar-refractivity contribution >= 4 is 11.9 Å². The number of aliphatic carboxylic acids is 1. The Kier molecular flexibility index (Phi) is 6.06. The Morgan fingerprint density at radius 2 is 2.04 bits per heavy atom. The van der Waals surface area contributed by atoms with Gasteiger partial charge in [0.25, 0.3) is 0 Å². The Morgan fingerprint density at radius 3 is 2.62 bits per heavy atom. The highest BCUT2D eigenvalue weighted by molar-refractivity contribution is 5.89. The second kappa shape index (κ2) is 8.04. The van der Waals surface area contributed by atoms with E-state index in [1.165, 1.54) is 0 Å². The summed E-state index contributed by atoms with van der Waals surface area (Å²) in [5.74, 6) is -0.165. The molecule has 1 aromatic rings. The van der Waals surface area contributed by atoms with Crippen molar-refractivity contribution in [2.24, 2.45) is 17.8 Å². The number of hydrogen-bond donors (Lipinski definition) is 2. The van der Waals surface area contributed by atoms with Gasteiger partial charge in [0, 0.05) is 6.54 Å². The molecule has 2 N–H and O–H groups in total. The molecule has 132 valence electrons. The molecule has 0 spiro atoms. The van der Waals surface area contributed by atoms with E-state index < -0.39 is 17.8 Å². The number of hydrogen-bond acceptors (Lipinski definition) is 4. The van der Waals surface area contributed by atoms with E-state index in [2.05, 4.69) is 19.2 Å². The van der Waals surface area contributed by atoms with E-state index in [9.17, 15) is 9.59 Å². The third-order valence-electron chi connectivity index (χ3n) is 4.09. The largest absolute Gasteiger partial charge is 0.493 e. The summed E-state index contributed by atoms with van der Waals surface area (Å²) in [7, 11) is 1.58. The Balaban J connectivity index is 1.87. The summed E-state index contributed by atoms with van der Waals surface area (Å²) in [6, 6.07) is 5.53. The van der Waals surface area contributed by atoms with E-state index in [0.717, 1.165) is 12.0 Å². The van der Waals surface area contributed by atoms with Gasteiger partial charge in [-0.15, -0.1) is 0 Å². The first-order valence-corrected chi connectivity index (χ1v) is 8.22. The number of rotatable bonds is 9. The van der Waals surface area contributed by atoms with Gasteiger partial charge in [-0.05, 0) is 36.5 Å². The van der Waals surface area contributed by atoms with Crippen molar-refractivity contribution in [2.45, 2.75) is 33.2 Å². The molecule has 2 rings (SSSR count). The van der Waals surface area contributed by atoms with Gasteiger partial charge in [-0.2, -0.15) is 0 Å². The first kappa shape index (κ1) is 18.1. The van der Waals surface area contributed by atoms with Crippen molar-refractivity contribution in [3.8, 4) is 11.5 Å². The third kappa shape index (κ3) is 4.88. The number of ether oxygens (including phenoxy) is 2. The fourth-order valence-electron chi connectivity index (χ4n) is 2.42. The maximum absolute atomic E-state index is 11.9. The summed E-state index contributed by atoms with van der Waals surface area (Å²) < 4.78 is 11.1. The van der Waals surface area contributed by atoms with Gasteiger partial charge in [0.1, 0.15) is 0 Å². The highest BCUT2D eigenvalue weighted by Gasteiger charge is 2.48. The van der Waals surface area contributed by atoms with Gasteiger partial charge in [0.15, 0.2) is 11.5 Å². The molecule has 0 radical (unpaired) electrons. The number of carboxylic acid groups (broad SMARTS) is 1. The van der Waals surface area contributed by atoms with E-state index in [0.29, 0.717) is 37.0 Å². The number of carboxylic acids is 1. The van der Waals surface area contributed by atoms with Crippen LogP contribution in [0.15, 0.2) is 18.2 Å². The van der Waals surface area contributed by atoms with E-state index in [1.807, 2.05) is 18.2 Å². The maximum Gasteiger partial charge on any atom is 0.307 e. The second-order valence-corrected chi connectivity index (χ2v) is 6.52. The van der Waals surface area contributed by atoms with Crippen molar-refractivity contribution in [1.29, 1.82) is 0 Å². The van der Waals surface area contributed by atoms with Crippen molar-refractivity contribution in [2.75, 3.05) is 13.7 Å². The Morgan fingerprint density at radius 1 is 1.29 bits per heavy atom. The molecule has 0 saturated heterocycles. The zero-order valence-corrected chi connectivity index (χ0v) is 14.4. The number of amides is 1.